The molecule has 2 N–H and O–H groups in total. The number of aliphatic hydroxyl groups is 1. The van der Waals surface area contributed by atoms with E-state index in [-0.39, 0.29) is 0 Å². The van der Waals surface area contributed by atoms with Crippen LogP contribution in [0.2, 0.25) is 0 Å². The predicted octanol–water partition coefficient (Wildman–Crippen LogP) is 2.19. The highest BCUT2D eigenvalue weighted by Gasteiger charge is 1.94. The molecule has 0 heterocycles. The average Bonchev–Trinajstić information content (AvgIpc) is 2.25. The minimum Gasteiger partial charge on any atom is -0.396 e. The summed E-state index contributed by atoms with van der Waals surface area (Å²) in [5.74, 6) is 0.638. The van der Waals surface area contributed by atoms with Crippen LogP contribution in [0.15, 0.2) is 0 Å². The van der Waals surface area contributed by atoms with E-state index in [0.717, 1.165) is 45.6 Å². The van der Waals surface area contributed by atoms with Crippen molar-refractivity contribution >= 4 is 0 Å². The molecule has 0 bridgehead atoms. The molecule has 98 valence electrons. The van der Waals surface area contributed by atoms with E-state index >= 15 is 0 Å². The van der Waals surface area contributed by atoms with Gasteiger partial charge in [-0.05, 0) is 38.3 Å². The van der Waals surface area contributed by atoms with E-state index in [1.54, 1.807) is 0 Å². The Hall–Kier alpha value is -0.120. The van der Waals surface area contributed by atoms with E-state index in [4.69, 9.17) is 9.84 Å². The molecule has 16 heavy (non-hydrogen) atoms. The first kappa shape index (κ1) is 15.9. The van der Waals surface area contributed by atoms with Crippen molar-refractivity contribution in [1.29, 1.82) is 0 Å². The predicted molar refractivity (Wildman–Crippen MR) is 68.7 cm³/mol. The van der Waals surface area contributed by atoms with Crippen molar-refractivity contribution in [2.24, 2.45) is 5.92 Å². The van der Waals surface area contributed by atoms with E-state index in [9.17, 15) is 0 Å². The standard InChI is InChI=1S/C13H29NO2/c1-13(2)12-16-11-7-9-14-8-5-3-4-6-10-15/h13-15H,3-12H2,1-2H3. The van der Waals surface area contributed by atoms with Gasteiger partial charge >= 0.3 is 0 Å². The fourth-order valence-corrected chi connectivity index (χ4v) is 1.46. The molecule has 0 aliphatic heterocycles. The highest BCUT2D eigenvalue weighted by Crippen LogP contribution is 1.97. The van der Waals surface area contributed by atoms with Crippen molar-refractivity contribution in [2.45, 2.75) is 46.0 Å². The lowest BCUT2D eigenvalue weighted by molar-refractivity contribution is 0.108. The summed E-state index contributed by atoms with van der Waals surface area (Å²) < 4.78 is 5.49. The molecule has 0 unspecified atom stereocenters. The maximum absolute atomic E-state index is 8.60. The Kier molecular flexibility index (Phi) is 12.9. The first-order valence-corrected chi connectivity index (χ1v) is 6.66. The van der Waals surface area contributed by atoms with Gasteiger partial charge in [0, 0.05) is 19.8 Å². The van der Waals surface area contributed by atoms with Gasteiger partial charge in [0.25, 0.3) is 0 Å². The van der Waals surface area contributed by atoms with Gasteiger partial charge in [-0.1, -0.05) is 26.7 Å². The average molecular weight is 231 g/mol. The van der Waals surface area contributed by atoms with Crippen LogP contribution in [0.1, 0.15) is 46.0 Å². The molecular weight excluding hydrogens is 202 g/mol. The zero-order chi connectivity index (χ0) is 12.1. The van der Waals surface area contributed by atoms with Crippen LogP contribution in [0.3, 0.4) is 0 Å². The summed E-state index contributed by atoms with van der Waals surface area (Å²) in [6.45, 7) is 8.57. The van der Waals surface area contributed by atoms with Crippen LogP contribution in [0, 0.1) is 5.92 Å². The van der Waals surface area contributed by atoms with E-state index < -0.39 is 0 Å². The SMILES string of the molecule is CC(C)COCCCNCCCCCCO. The second-order valence-electron chi connectivity index (χ2n) is 4.71. The Morgan fingerprint density at radius 2 is 1.69 bits per heavy atom. The number of hydrogen-bond donors (Lipinski definition) is 2. The Morgan fingerprint density at radius 1 is 1.00 bits per heavy atom. The van der Waals surface area contributed by atoms with E-state index in [1.807, 2.05) is 0 Å². The van der Waals surface area contributed by atoms with Gasteiger partial charge in [-0.2, -0.15) is 0 Å². The Bertz CT molecular complexity index is 129. The quantitative estimate of drug-likeness (QED) is 0.506. The number of hydrogen-bond acceptors (Lipinski definition) is 3. The largest absolute Gasteiger partial charge is 0.396 e. The maximum atomic E-state index is 8.60. The van der Waals surface area contributed by atoms with Gasteiger partial charge in [0.05, 0.1) is 0 Å². The van der Waals surface area contributed by atoms with Crippen LogP contribution >= 0.6 is 0 Å². The molecule has 3 nitrogen and oxygen atoms in total. The van der Waals surface area contributed by atoms with Crippen molar-refractivity contribution in [3.05, 3.63) is 0 Å². The zero-order valence-corrected chi connectivity index (χ0v) is 11.0. The molecule has 0 saturated carbocycles. The van der Waals surface area contributed by atoms with Gasteiger partial charge < -0.3 is 15.2 Å². The summed E-state index contributed by atoms with van der Waals surface area (Å²) in [4.78, 5) is 0. The maximum Gasteiger partial charge on any atom is 0.0489 e. The normalized spacial score (nSPS) is 11.2. The van der Waals surface area contributed by atoms with Crippen LogP contribution in [-0.2, 0) is 4.74 Å². The topological polar surface area (TPSA) is 41.5 Å². The third kappa shape index (κ3) is 13.9. The number of aliphatic hydroxyl groups excluding tert-OH is 1. The van der Waals surface area contributed by atoms with Gasteiger partial charge in [-0.25, -0.2) is 0 Å². The second kappa shape index (κ2) is 12.9. The summed E-state index contributed by atoms with van der Waals surface area (Å²) in [5, 5.41) is 12.0. The summed E-state index contributed by atoms with van der Waals surface area (Å²) in [7, 11) is 0. The number of unbranched alkanes of at least 4 members (excludes halogenated alkanes) is 3. The molecule has 0 saturated heterocycles. The lowest BCUT2D eigenvalue weighted by Gasteiger charge is -2.07. The number of nitrogens with one attached hydrogen (secondary N) is 1. The summed E-state index contributed by atoms with van der Waals surface area (Å²) in [6, 6.07) is 0. The van der Waals surface area contributed by atoms with Gasteiger partial charge in [0.15, 0.2) is 0 Å². The third-order valence-corrected chi connectivity index (χ3v) is 2.36. The first-order chi connectivity index (χ1) is 7.77. The molecule has 0 aromatic carbocycles. The van der Waals surface area contributed by atoms with E-state index in [0.29, 0.717) is 12.5 Å². The molecule has 0 aromatic rings. The van der Waals surface area contributed by atoms with Gasteiger partial charge in [-0.3, -0.25) is 0 Å². The Balaban J connectivity index is 2.88. The van der Waals surface area contributed by atoms with Crippen molar-refractivity contribution in [1.82, 2.24) is 5.32 Å². The molecule has 0 atom stereocenters. The van der Waals surface area contributed by atoms with Crippen LogP contribution in [0.4, 0.5) is 0 Å². The minimum atomic E-state index is 0.334. The Morgan fingerprint density at radius 3 is 2.38 bits per heavy atom. The summed E-state index contributed by atoms with van der Waals surface area (Å²) >= 11 is 0. The highest BCUT2D eigenvalue weighted by atomic mass is 16.5. The van der Waals surface area contributed by atoms with Gasteiger partial charge in [0.1, 0.15) is 0 Å². The van der Waals surface area contributed by atoms with Crippen molar-refractivity contribution in [2.75, 3.05) is 32.9 Å². The lowest BCUT2D eigenvalue weighted by Crippen LogP contribution is -2.18. The van der Waals surface area contributed by atoms with Crippen molar-refractivity contribution < 1.29 is 9.84 Å². The van der Waals surface area contributed by atoms with E-state index in [1.165, 1.54) is 12.8 Å². The van der Waals surface area contributed by atoms with Gasteiger partial charge in [0.2, 0.25) is 0 Å². The third-order valence-electron chi connectivity index (χ3n) is 2.36. The van der Waals surface area contributed by atoms with Crippen molar-refractivity contribution in [3.63, 3.8) is 0 Å². The monoisotopic (exact) mass is 231 g/mol. The fourth-order valence-electron chi connectivity index (χ4n) is 1.46. The molecular formula is C13H29NO2. The minimum absolute atomic E-state index is 0.334. The van der Waals surface area contributed by atoms with Crippen LogP contribution < -0.4 is 5.32 Å². The first-order valence-electron chi connectivity index (χ1n) is 6.66. The summed E-state index contributed by atoms with van der Waals surface area (Å²) in [6.07, 6.45) is 5.63. The molecule has 0 aliphatic rings. The van der Waals surface area contributed by atoms with Crippen LogP contribution in [0.5, 0.6) is 0 Å². The second-order valence-corrected chi connectivity index (χ2v) is 4.71. The van der Waals surface area contributed by atoms with E-state index in [2.05, 4.69) is 19.2 Å². The Labute approximate surface area is 101 Å². The molecule has 0 spiro atoms. The number of ether oxygens (including phenoxy) is 1. The molecule has 0 rings (SSSR count). The number of rotatable bonds is 12. The van der Waals surface area contributed by atoms with Crippen LogP contribution in [-0.4, -0.2) is 38.0 Å². The lowest BCUT2D eigenvalue weighted by atomic mass is 10.2. The molecule has 0 radical (unpaired) electrons. The van der Waals surface area contributed by atoms with Crippen LogP contribution in [0.25, 0.3) is 0 Å². The van der Waals surface area contributed by atoms with Gasteiger partial charge in [-0.15, -0.1) is 0 Å². The highest BCUT2D eigenvalue weighted by molar-refractivity contribution is 4.50. The fraction of sp³-hybridized carbons (Fsp3) is 1.00. The smallest absolute Gasteiger partial charge is 0.0489 e. The molecule has 3 heteroatoms. The summed E-state index contributed by atoms with van der Waals surface area (Å²) in [5.41, 5.74) is 0. The van der Waals surface area contributed by atoms with Crippen molar-refractivity contribution in [3.8, 4) is 0 Å². The molecule has 0 amide bonds. The molecule has 0 aromatic heterocycles. The molecule has 0 fully saturated rings. The molecule has 0 aliphatic carbocycles. The zero-order valence-electron chi connectivity index (χ0n) is 11.0.